The molecule has 0 bridgehead atoms. The number of rotatable bonds is 5. The van der Waals surface area contributed by atoms with Crippen LogP contribution in [0.1, 0.15) is 45.5 Å². The summed E-state index contributed by atoms with van der Waals surface area (Å²) in [5.41, 5.74) is 1.77. The number of thiophene rings is 2. The summed E-state index contributed by atoms with van der Waals surface area (Å²) in [6.45, 7) is -0.479. The van der Waals surface area contributed by atoms with Gasteiger partial charge in [-0.25, -0.2) is 14.5 Å². The molecule has 4 heterocycles. The first-order chi connectivity index (χ1) is 18.5. The molecule has 38 heavy (non-hydrogen) atoms. The maximum absolute atomic E-state index is 13.5. The fourth-order valence-electron chi connectivity index (χ4n) is 5.20. The molecule has 0 radical (unpaired) electrons. The summed E-state index contributed by atoms with van der Waals surface area (Å²) >= 11 is 3.27. The number of amides is 1. The molecular weight excluding hydrogens is 520 g/mol. The van der Waals surface area contributed by atoms with E-state index in [0.717, 1.165) is 45.0 Å². The highest BCUT2D eigenvalue weighted by Gasteiger charge is 2.44. The Labute approximate surface area is 226 Å². The minimum absolute atomic E-state index is 0.00659. The van der Waals surface area contributed by atoms with Crippen molar-refractivity contribution >= 4 is 57.1 Å². The quantitative estimate of drug-likeness (QED) is 0.328. The highest BCUT2D eigenvalue weighted by atomic mass is 32.1. The van der Waals surface area contributed by atoms with Crippen LogP contribution in [0.15, 0.2) is 74.8 Å². The summed E-state index contributed by atoms with van der Waals surface area (Å²) < 4.78 is 6.55. The molecule has 8 nitrogen and oxygen atoms in total. The van der Waals surface area contributed by atoms with Crippen LogP contribution in [0.25, 0.3) is 16.8 Å². The third-order valence-electron chi connectivity index (χ3n) is 6.93. The van der Waals surface area contributed by atoms with E-state index >= 15 is 0 Å². The van der Waals surface area contributed by atoms with Gasteiger partial charge in [-0.2, -0.15) is 10.2 Å². The van der Waals surface area contributed by atoms with Gasteiger partial charge in [-0.3, -0.25) is 9.59 Å². The van der Waals surface area contributed by atoms with Gasteiger partial charge in [0.1, 0.15) is 0 Å². The molecule has 10 heteroatoms. The van der Waals surface area contributed by atoms with Crippen molar-refractivity contribution in [1.82, 2.24) is 14.8 Å². The lowest BCUT2D eigenvalue weighted by Crippen LogP contribution is -2.34. The Morgan fingerprint density at radius 2 is 1.87 bits per heavy atom. The summed E-state index contributed by atoms with van der Waals surface area (Å²) in [5, 5.41) is 15.2. The van der Waals surface area contributed by atoms with Crippen LogP contribution < -0.4 is 5.56 Å². The van der Waals surface area contributed by atoms with Gasteiger partial charge < -0.3 is 4.74 Å². The molecule has 2 aliphatic rings. The van der Waals surface area contributed by atoms with Gasteiger partial charge in [-0.05, 0) is 59.9 Å². The molecule has 1 fully saturated rings. The Morgan fingerprint density at radius 1 is 1.08 bits per heavy atom. The molecule has 1 aliphatic heterocycles. The molecule has 2 atom stereocenters. The SMILES string of the molecule is Cn1nc(C(=O)OCC(=O)N2N=C3/C(=C/c4cccs4)CCC[C@@H]3[C@@H]2c2cccs2)c2ccccc2c1=O. The second-order valence-corrected chi connectivity index (χ2v) is 11.2. The molecule has 0 saturated heterocycles. The zero-order valence-electron chi connectivity index (χ0n) is 20.6. The number of allylic oxidation sites excluding steroid dienone is 1. The van der Waals surface area contributed by atoms with E-state index in [1.807, 2.05) is 29.0 Å². The topological polar surface area (TPSA) is 93.9 Å². The van der Waals surface area contributed by atoms with Gasteiger partial charge in [0.05, 0.1) is 17.1 Å². The second kappa shape index (κ2) is 10.1. The van der Waals surface area contributed by atoms with E-state index in [9.17, 15) is 14.4 Å². The van der Waals surface area contributed by atoms with Gasteiger partial charge in [-0.1, -0.05) is 30.3 Å². The number of carbonyl (C=O) groups excluding carboxylic acids is 2. The minimum Gasteiger partial charge on any atom is -0.451 e. The molecule has 0 spiro atoms. The summed E-state index contributed by atoms with van der Waals surface area (Å²) in [5.74, 6) is -1.08. The number of nitrogens with zero attached hydrogens (tertiary/aromatic N) is 4. The van der Waals surface area contributed by atoms with E-state index in [2.05, 4.69) is 17.2 Å². The molecule has 6 rings (SSSR count). The number of benzene rings is 1. The molecule has 3 aromatic heterocycles. The maximum Gasteiger partial charge on any atom is 0.359 e. The van der Waals surface area contributed by atoms with Gasteiger partial charge in [0.25, 0.3) is 11.5 Å². The van der Waals surface area contributed by atoms with Gasteiger partial charge in [0, 0.05) is 28.1 Å². The van der Waals surface area contributed by atoms with Crippen LogP contribution in [-0.2, 0) is 16.6 Å². The smallest absolute Gasteiger partial charge is 0.359 e. The van der Waals surface area contributed by atoms with E-state index in [4.69, 9.17) is 9.84 Å². The average Bonchev–Trinajstić information content (AvgIpc) is 3.70. The van der Waals surface area contributed by atoms with Crippen molar-refractivity contribution in [2.75, 3.05) is 6.61 Å². The van der Waals surface area contributed by atoms with Crippen molar-refractivity contribution in [3.8, 4) is 0 Å². The first-order valence-corrected chi connectivity index (χ1v) is 14.1. The zero-order chi connectivity index (χ0) is 26.2. The summed E-state index contributed by atoms with van der Waals surface area (Å²) in [6.07, 6.45) is 5.03. The lowest BCUT2D eigenvalue weighted by atomic mass is 9.79. The van der Waals surface area contributed by atoms with Crippen molar-refractivity contribution in [2.24, 2.45) is 18.1 Å². The Balaban J connectivity index is 1.28. The first-order valence-electron chi connectivity index (χ1n) is 12.3. The number of esters is 1. The fraction of sp³-hybridized carbons (Fsp3) is 0.250. The third-order valence-corrected chi connectivity index (χ3v) is 8.69. The van der Waals surface area contributed by atoms with Gasteiger partial charge in [-0.15, -0.1) is 22.7 Å². The van der Waals surface area contributed by atoms with Crippen molar-refractivity contribution in [3.05, 3.63) is 90.7 Å². The van der Waals surface area contributed by atoms with Crippen LogP contribution in [0.3, 0.4) is 0 Å². The number of fused-ring (bicyclic) bond motifs is 2. The summed E-state index contributed by atoms with van der Waals surface area (Å²) in [7, 11) is 1.48. The van der Waals surface area contributed by atoms with E-state index in [0.29, 0.717) is 10.8 Å². The van der Waals surface area contributed by atoms with Crippen LogP contribution in [0.5, 0.6) is 0 Å². The predicted octanol–water partition coefficient (Wildman–Crippen LogP) is 5.04. The van der Waals surface area contributed by atoms with Gasteiger partial charge in [0.15, 0.2) is 12.3 Å². The Morgan fingerprint density at radius 3 is 2.63 bits per heavy atom. The Kier molecular flexibility index (Phi) is 6.50. The van der Waals surface area contributed by atoms with E-state index < -0.39 is 18.5 Å². The number of carbonyl (C=O) groups is 2. The maximum atomic E-state index is 13.5. The van der Waals surface area contributed by atoms with E-state index in [1.54, 1.807) is 46.9 Å². The molecule has 0 N–H and O–H groups in total. The van der Waals surface area contributed by atoms with Gasteiger partial charge >= 0.3 is 5.97 Å². The van der Waals surface area contributed by atoms with Crippen molar-refractivity contribution in [2.45, 2.75) is 25.3 Å². The van der Waals surface area contributed by atoms with Crippen LogP contribution >= 0.6 is 22.7 Å². The highest BCUT2D eigenvalue weighted by molar-refractivity contribution is 7.11. The molecule has 1 saturated carbocycles. The number of aromatic nitrogens is 2. The molecule has 1 aromatic carbocycles. The fourth-order valence-corrected chi connectivity index (χ4v) is 6.76. The number of ether oxygens (including phenoxy) is 1. The zero-order valence-corrected chi connectivity index (χ0v) is 22.2. The summed E-state index contributed by atoms with van der Waals surface area (Å²) in [4.78, 5) is 41.1. The molecule has 4 aromatic rings. The van der Waals surface area contributed by atoms with Crippen molar-refractivity contribution < 1.29 is 14.3 Å². The standard InChI is InChI=1S/C28H24N4O4S2/c1-31-27(34)20-10-3-2-9-19(20)25(29-31)28(35)36-16-23(33)32-26(22-12-6-14-38-22)21-11-4-7-17(24(21)30-32)15-18-8-5-13-37-18/h2-3,5-6,8-10,12-15,21,26H,4,7,11,16H2,1H3/b17-15+/t21-,26+/m0/s1. The van der Waals surface area contributed by atoms with Crippen molar-refractivity contribution in [3.63, 3.8) is 0 Å². The molecule has 1 amide bonds. The lowest BCUT2D eigenvalue weighted by molar-refractivity contribution is -0.136. The predicted molar refractivity (Wildman–Crippen MR) is 148 cm³/mol. The van der Waals surface area contributed by atoms with E-state index in [1.165, 1.54) is 12.1 Å². The monoisotopic (exact) mass is 544 g/mol. The average molecular weight is 545 g/mol. The lowest BCUT2D eigenvalue weighted by Gasteiger charge is -2.28. The molecule has 1 aliphatic carbocycles. The van der Waals surface area contributed by atoms with Crippen LogP contribution in [-0.4, -0.2) is 39.0 Å². The minimum atomic E-state index is -0.764. The number of hydrazone groups is 1. The Hall–Kier alpha value is -3.89. The largest absolute Gasteiger partial charge is 0.451 e. The van der Waals surface area contributed by atoms with Crippen LogP contribution in [0.2, 0.25) is 0 Å². The first kappa shape index (κ1) is 24.4. The summed E-state index contributed by atoms with van der Waals surface area (Å²) in [6, 6.07) is 14.6. The third kappa shape index (κ3) is 4.39. The second-order valence-electron chi connectivity index (χ2n) is 9.27. The van der Waals surface area contributed by atoms with E-state index in [-0.39, 0.29) is 23.2 Å². The normalized spacial score (nSPS) is 20.0. The highest BCUT2D eigenvalue weighted by Crippen LogP contribution is 2.45. The van der Waals surface area contributed by atoms with Crippen molar-refractivity contribution in [1.29, 1.82) is 0 Å². The molecular formula is C28H24N4O4S2. The Bertz CT molecular complexity index is 1640. The van der Waals surface area contributed by atoms with Gasteiger partial charge in [0.2, 0.25) is 0 Å². The number of hydrogen-bond donors (Lipinski definition) is 0. The molecule has 192 valence electrons. The van der Waals surface area contributed by atoms with Crippen LogP contribution in [0.4, 0.5) is 0 Å². The molecule has 0 unspecified atom stereocenters. The number of hydrogen-bond acceptors (Lipinski definition) is 8. The number of aryl methyl sites for hydroxylation is 1. The van der Waals surface area contributed by atoms with Crippen LogP contribution in [0, 0.1) is 5.92 Å².